The fourth-order valence-corrected chi connectivity index (χ4v) is 2.24. The summed E-state index contributed by atoms with van der Waals surface area (Å²) >= 11 is 0. The first-order valence-corrected chi connectivity index (χ1v) is 7.22. The molecule has 1 amide bonds. The van der Waals surface area contributed by atoms with E-state index >= 15 is 0 Å². The van der Waals surface area contributed by atoms with Gasteiger partial charge in [0, 0.05) is 18.5 Å². The van der Waals surface area contributed by atoms with Crippen molar-refractivity contribution in [1.29, 1.82) is 0 Å². The van der Waals surface area contributed by atoms with Crippen LogP contribution >= 0.6 is 0 Å². The van der Waals surface area contributed by atoms with E-state index in [1.807, 2.05) is 49.4 Å². The average Bonchev–Trinajstić information content (AvgIpc) is 2.53. The summed E-state index contributed by atoms with van der Waals surface area (Å²) in [6.45, 7) is 2.38. The standard InChI is InChI=1S/C17H19NO4/c1-2-18(11-10-17(20)21)16(19)12-22-15-9-5-7-13-6-3-4-8-14(13)15/h3-9H,2,10-12H2,1H3,(H,20,21). The first-order valence-electron chi connectivity index (χ1n) is 7.22. The Hall–Kier alpha value is -2.56. The molecule has 2 aromatic carbocycles. The first kappa shape index (κ1) is 15.8. The molecule has 0 aliphatic heterocycles. The Bertz CT molecular complexity index is 663. The van der Waals surface area contributed by atoms with Crippen LogP contribution in [0.4, 0.5) is 0 Å². The van der Waals surface area contributed by atoms with Gasteiger partial charge in [-0.15, -0.1) is 0 Å². The van der Waals surface area contributed by atoms with Crippen LogP contribution in [-0.4, -0.2) is 41.6 Å². The van der Waals surface area contributed by atoms with Crippen molar-refractivity contribution in [3.63, 3.8) is 0 Å². The molecule has 0 aliphatic carbocycles. The lowest BCUT2D eigenvalue weighted by molar-refractivity contribution is -0.139. The van der Waals surface area contributed by atoms with Gasteiger partial charge in [-0.1, -0.05) is 36.4 Å². The fourth-order valence-electron chi connectivity index (χ4n) is 2.24. The number of fused-ring (bicyclic) bond motifs is 1. The molecule has 0 atom stereocenters. The second kappa shape index (κ2) is 7.45. The van der Waals surface area contributed by atoms with E-state index in [0.29, 0.717) is 12.3 Å². The van der Waals surface area contributed by atoms with Crippen molar-refractivity contribution in [1.82, 2.24) is 4.90 Å². The first-order chi connectivity index (χ1) is 10.6. The van der Waals surface area contributed by atoms with Gasteiger partial charge in [0.05, 0.1) is 6.42 Å². The summed E-state index contributed by atoms with van der Waals surface area (Å²) in [5.74, 6) is -0.473. The van der Waals surface area contributed by atoms with Crippen LogP contribution in [0.5, 0.6) is 5.75 Å². The average molecular weight is 301 g/mol. The maximum atomic E-state index is 12.1. The molecule has 116 valence electrons. The summed E-state index contributed by atoms with van der Waals surface area (Å²) in [6.07, 6.45) is -0.0617. The maximum absolute atomic E-state index is 12.1. The highest BCUT2D eigenvalue weighted by Crippen LogP contribution is 2.25. The number of carboxylic acids is 1. The Kier molecular flexibility index (Phi) is 5.36. The summed E-state index contributed by atoms with van der Waals surface area (Å²) in [5, 5.41) is 10.7. The minimum atomic E-state index is -0.916. The molecule has 2 aromatic rings. The van der Waals surface area contributed by atoms with Crippen LogP contribution in [0.15, 0.2) is 42.5 Å². The summed E-state index contributed by atoms with van der Waals surface area (Å²) in [5.41, 5.74) is 0. The van der Waals surface area contributed by atoms with Gasteiger partial charge in [0.1, 0.15) is 5.75 Å². The molecule has 0 heterocycles. The molecule has 0 unspecified atom stereocenters. The highest BCUT2D eigenvalue weighted by molar-refractivity contribution is 5.88. The zero-order chi connectivity index (χ0) is 15.9. The number of carbonyl (C=O) groups is 2. The van der Waals surface area contributed by atoms with Crippen molar-refractivity contribution in [3.05, 3.63) is 42.5 Å². The number of carboxylic acid groups (broad SMARTS) is 1. The minimum absolute atomic E-state index is 0.0617. The SMILES string of the molecule is CCN(CCC(=O)O)C(=O)COc1cccc2ccccc12. The van der Waals surface area contributed by atoms with Crippen molar-refractivity contribution in [2.45, 2.75) is 13.3 Å². The monoisotopic (exact) mass is 301 g/mol. The van der Waals surface area contributed by atoms with Gasteiger partial charge < -0.3 is 14.7 Å². The normalized spacial score (nSPS) is 10.4. The number of aliphatic carboxylic acids is 1. The molecule has 5 heteroatoms. The van der Waals surface area contributed by atoms with Crippen molar-refractivity contribution < 1.29 is 19.4 Å². The van der Waals surface area contributed by atoms with Crippen molar-refractivity contribution >= 4 is 22.6 Å². The molecule has 0 saturated heterocycles. The summed E-state index contributed by atoms with van der Waals surface area (Å²) in [6, 6.07) is 13.5. The molecule has 2 rings (SSSR count). The van der Waals surface area contributed by atoms with Crippen LogP contribution in [0.25, 0.3) is 10.8 Å². The largest absolute Gasteiger partial charge is 0.483 e. The van der Waals surface area contributed by atoms with Crippen molar-refractivity contribution in [2.24, 2.45) is 0 Å². The number of likely N-dealkylation sites (N-methyl/N-ethyl adjacent to an activating group) is 1. The predicted molar refractivity (Wildman–Crippen MR) is 83.9 cm³/mol. The van der Waals surface area contributed by atoms with Gasteiger partial charge in [-0.2, -0.15) is 0 Å². The highest BCUT2D eigenvalue weighted by atomic mass is 16.5. The lowest BCUT2D eigenvalue weighted by Crippen LogP contribution is -2.36. The van der Waals surface area contributed by atoms with Gasteiger partial charge in [-0.05, 0) is 18.4 Å². The van der Waals surface area contributed by atoms with Gasteiger partial charge in [0.25, 0.3) is 5.91 Å². The van der Waals surface area contributed by atoms with Crippen LogP contribution < -0.4 is 4.74 Å². The molecule has 0 radical (unpaired) electrons. The zero-order valence-corrected chi connectivity index (χ0v) is 12.5. The van der Waals surface area contributed by atoms with Gasteiger partial charge in [0.2, 0.25) is 0 Å². The number of hydrogen-bond donors (Lipinski definition) is 1. The number of rotatable bonds is 7. The second-order valence-corrected chi connectivity index (χ2v) is 4.88. The van der Waals surface area contributed by atoms with E-state index in [4.69, 9.17) is 9.84 Å². The molecule has 0 aliphatic rings. The Morgan fingerprint density at radius 3 is 2.59 bits per heavy atom. The van der Waals surface area contributed by atoms with Crippen LogP contribution in [0, 0.1) is 0 Å². The molecule has 22 heavy (non-hydrogen) atoms. The quantitative estimate of drug-likeness (QED) is 0.853. The Labute approximate surface area is 129 Å². The molecular formula is C17H19NO4. The minimum Gasteiger partial charge on any atom is -0.483 e. The molecule has 1 N–H and O–H groups in total. The topological polar surface area (TPSA) is 66.8 Å². The second-order valence-electron chi connectivity index (χ2n) is 4.88. The van der Waals surface area contributed by atoms with Crippen molar-refractivity contribution in [3.8, 4) is 5.75 Å². The molecule has 5 nitrogen and oxygen atoms in total. The van der Waals surface area contributed by atoms with Gasteiger partial charge in [0.15, 0.2) is 6.61 Å². The molecule has 0 fully saturated rings. The number of carbonyl (C=O) groups excluding carboxylic acids is 1. The molecule has 0 spiro atoms. The third-order valence-corrected chi connectivity index (χ3v) is 3.43. The Morgan fingerprint density at radius 1 is 1.14 bits per heavy atom. The number of benzene rings is 2. The van der Waals surface area contributed by atoms with E-state index in [9.17, 15) is 9.59 Å². The smallest absolute Gasteiger partial charge is 0.305 e. The van der Waals surface area contributed by atoms with E-state index in [1.165, 1.54) is 4.90 Å². The van der Waals surface area contributed by atoms with Gasteiger partial charge in [-0.3, -0.25) is 9.59 Å². The van der Waals surface area contributed by atoms with Gasteiger partial charge in [-0.25, -0.2) is 0 Å². The van der Waals surface area contributed by atoms with Gasteiger partial charge >= 0.3 is 5.97 Å². The molecule has 0 aromatic heterocycles. The zero-order valence-electron chi connectivity index (χ0n) is 12.5. The summed E-state index contributed by atoms with van der Waals surface area (Å²) < 4.78 is 5.63. The van der Waals surface area contributed by atoms with E-state index in [1.54, 1.807) is 0 Å². The Morgan fingerprint density at radius 2 is 1.86 bits per heavy atom. The molecule has 0 bridgehead atoms. The highest BCUT2D eigenvalue weighted by Gasteiger charge is 2.14. The molecular weight excluding hydrogens is 282 g/mol. The lowest BCUT2D eigenvalue weighted by Gasteiger charge is -2.20. The lowest BCUT2D eigenvalue weighted by atomic mass is 10.1. The summed E-state index contributed by atoms with van der Waals surface area (Å²) in [4.78, 5) is 24.2. The van der Waals surface area contributed by atoms with Crippen LogP contribution in [0.2, 0.25) is 0 Å². The van der Waals surface area contributed by atoms with Crippen LogP contribution in [-0.2, 0) is 9.59 Å². The third kappa shape index (κ3) is 3.97. The van der Waals surface area contributed by atoms with Crippen LogP contribution in [0.3, 0.4) is 0 Å². The van der Waals surface area contributed by atoms with Crippen molar-refractivity contribution in [2.75, 3.05) is 19.7 Å². The number of amides is 1. The predicted octanol–water partition coefficient (Wildman–Crippen LogP) is 2.54. The number of nitrogens with zero attached hydrogens (tertiary/aromatic N) is 1. The van der Waals surface area contributed by atoms with Crippen LogP contribution in [0.1, 0.15) is 13.3 Å². The van der Waals surface area contributed by atoms with E-state index < -0.39 is 5.97 Å². The maximum Gasteiger partial charge on any atom is 0.305 e. The van der Waals surface area contributed by atoms with E-state index in [2.05, 4.69) is 0 Å². The van der Waals surface area contributed by atoms with E-state index in [-0.39, 0.29) is 25.5 Å². The summed E-state index contributed by atoms with van der Waals surface area (Å²) in [7, 11) is 0. The van der Waals surface area contributed by atoms with E-state index in [0.717, 1.165) is 10.8 Å². The number of ether oxygens (including phenoxy) is 1. The fraction of sp³-hybridized carbons (Fsp3) is 0.294. The number of hydrogen-bond acceptors (Lipinski definition) is 3. The Balaban J connectivity index is 2.01. The molecule has 0 saturated carbocycles. The third-order valence-electron chi connectivity index (χ3n) is 3.43.